The molecule has 2 amide bonds. The van der Waals surface area contributed by atoms with E-state index in [9.17, 15) is 9.59 Å². The van der Waals surface area contributed by atoms with Crippen molar-refractivity contribution in [1.82, 2.24) is 10.6 Å². The molecule has 0 saturated heterocycles. The first-order chi connectivity index (χ1) is 11.6. The van der Waals surface area contributed by atoms with Gasteiger partial charge in [-0.3, -0.25) is 9.59 Å². The van der Waals surface area contributed by atoms with E-state index in [4.69, 9.17) is 5.26 Å². The van der Waals surface area contributed by atoms with Gasteiger partial charge in [0.15, 0.2) is 0 Å². The summed E-state index contributed by atoms with van der Waals surface area (Å²) in [6, 6.07) is 8.95. The molecule has 6 nitrogen and oxygen atoms in total. The fourth-order valence-corrected chi connectivity index (χ4v) is 3.05. The predicted molar refractivity (Wildman–Crippen MR) is 92.3 cm³/mol. The molecule has 2 rings (SSSR count). The van der Waals surface area contributed by atoms with Crippen LogP contribution in [0.4, 0.5) is 5.69 Å². The SMILES string of the molecule is CCNC(=O)C1(NC(=O)CNc2ccc(C#N)cc2)CCCCC1. The molecule has 6 heteroatoms. The first-order valence-corrected chi connectivity index (χ1v) is 8.43. The third kappa shape index (κ3) is 4.48. The zero-order valence-corrected chi connectivity index (χ0v) is 14.0. The molecule has 1 aliphatic carbocycles. The van der Waals surface area contributed by atoms with Gasteiger partial charge >= 0.3 is 0 Å². The summed E-state index contributed by atoms with van der Waals surface area (Å²) >= 11 is 0. The van der Waals surface area contributed by atoms with Gasteiger partial charge in [-0.15, -0.1) is 0 Å². The van der Waals surface area contributed by atoms with E-state index in [0.717, 1.165) is 24.9 Å². The summed E-state index contributed by atoms with van der Waals surface area (Å²) in [5, 5.41) is 17.6. The molecular weight excluding hydrogens is 304 g/mol. The molecule has 0 bridgehead atoms. The first-order valence-electron chi connectivity index (χ1n) is 8.43. The topological polar surface area (TPSA) is 94.0 Å². The van der Waals surface area contributed by atoms with E-state index in [1.165, 1.54) is 0 Å². The number of anilines is 1. The number of likely N-dealkylation sites (N-methyl/N-ethyl adjacent to an activating group) is 1. The molecule has 24 heavy (non-hydrogen) atoms. The number of nitriles is 1. The number of hydrogen-bond acceptors (Lipinski definition) is 4. The van der Waals surface area contributed by atoms with Crippen molar-refractivity contribution in [2.45, 2.75) is 44.6 Å². The minimum atomic E-state index is -0.780. The Bertz CT molecular complexity index is 613. The van der Waals surface area contributed by atoms with E-state index in [2.05, 4.69) is 22.0 Å². The molecule has 0 spiro atoms. The summed E-state index contributed by atoms with van der Waals surface area (Å²) in [5.41, 5.74) is 0.555. The lowest BCUT2D eigenvalue weighted by atomic mass is 9.80. The maximum Gasteiger partial charge on any atom is 0.245 e. The second-order valence-electron chi connectivity index (χ2n) is 6.09. The van der Waals surface area contributed by atoms with Gasteiger partial charge in [0.1, 0.15) is 5.54 Å². The number of rotatable bonds is 6. The van der Waals surface area contributed by atoms with Gasteiger partial charge < -0.3 is 16.0 Å². The van der Waals surface area contributed by atoms with Crippen molar-refractivity contribution in [2.75, 3.05) is 18.4 Å². The fourth-order valence-electron chi connectivity index (χ4n) is 3.05. The van der Waals surface area contributed by atoms with Crippen molar-refractivity contribution in [3.63, 3.8) is 0 Å². The minimum absolute atomic E-state index is 0.0866. The zero-order valence-electron chi connectivity index (χ0n) is 14.0. The number of amides is 2. The summed E-state index contributed by atoms with van der Waals surface area (Å²) in [4.78, 5) is 24.7. The average molecular weight is 328 g/mol. The molecule has 3 N–H and O–H groups in total. The van der Waals surface area contributed by atoms with Gasteiger partial charge in [-0.2, -0.15) is 5.26 Å². The lowest BCUT2D eigenvalue weighted by Crippen LogP contribution is -2.60. The molecule has 0 aliphatic heterocycles. The number of nitrogens with one attached hydrogen (secondary N) is 3. The highest BCUT2D eigenvalue weighted by Gasteiger charge is 2.40. The highest BCUT2D eigenvalue weighted by atomic mass is 16.2. The van der Waals surface area contributed by atoms with Gasteiger partial charge in [-0.1, -0.05) is 19.3 Å². The Kier molecular flexibility index (Phi) is 6.19. The minimum Gasteiger partial charge on any atom is -0.376 e. The monoisotopic (exact) mass is 328 g/mol. The van der Waals surface area contributed by atoms with E-state index in [-0.39, 0.29) is 18.4 Å². The Balaban J connectivity index is 1.94. The van der Waals surface area contributed by atoms with Crippen molar-refractivity contribution in [2.24, 2.45) is 0 Å². The molecule has 1 aliphatic rings. The molecule has 1 aromatic rings. The second kappa shape index (κ2) is 8.34. The van der Waals surface area contributed by atoms with Crippen LogP contribution >= 0.6 is 0 Å². The molecule has 0 radical (unpaired) electrons. The summed E-state index contributed by atoms with van der Waals surface area (Å²) < 4.78 is 0. The van der Waals surface area contributed by atoms with Crippen LogP contribution in [0.5, 0.6) is 0 Å². The van der Waals surface area contributed by atoms with Gasteiger partial charge in [-0.25, -0.2) is 0 Å². The molecule has 1 saturated carbocycles. The van der Waals surface area contributed by atoms with E-state index in [0.29, 0.717) is 24.9 Å². The van der Waals surface area contributed by atoms with Gasteiger partial charge in [0.05, 0.1) is 18.2 Å². The average Bonchev–Trinajstić information content (AvgIpc) is 2.61. The van der Waals surface area contributed by atoms with Crippen LogP contribution in [0, 0.1) is 11.3 Å². The zero-order chi connectivity index (χ0) is 17.4. The quantitative estimate of drug-likeness (QED) is 0.744. The van der Waals surface area contributed by atoms with Crippen LogP contribution in [-0.4, -0.2) is 30.4 Å². The lowest BCUT2D eigenvalue weighted by molar-refractivity contribution is -0.134. The van der Waals surface area contributed by atoms with Crippen LogP contribution in [-0.2, 0) is 9.59 Å². The first kappa shape index (κ1) is 17.8. The van der Waals surface area contributed by atoms with Crippen molar-refractivity contribution in [3.8, 4) is 6.07 Å². The Morgan fingerprint density at radius 2 is 1.83 bits per heavy atom. The molecular formula is C18H24N4O2. The number of carbonyl (C=O) groups excluding carboxylic acids is 2. The summed E-state index contributed by atoms with van der Waals surface area (Å²) in [6.07, 6.45) is 4.35. The van der Waals surface area contributed by atoms with Crippen molar-refractivity contribution in [3.05, 3.63) is 29.8 Å². The molecule has 0 heterocycles. The number of hydrogen-bond donors (Lipinski definition) is 3. The van der Waals surface area contributed by atoms with Crippen LogP contribution in [0.15, 0.2) is 24.3 Å². The van der Waals surface area contributed by atoms with E-state index < -0.39 is 5.54 Å². The van der Waals surface area contributed by atoms with E-state index >= 15 is 0 Å². The Hall–Kier alpha value is -2.55. The second-order valence-corrected chi connectivity index (χ2v) is 6.09. The molecule has 128 valence electrons. The van der Waals surface area contributed by atoms with Crippen LogP contribution in [0.1, 0.15) is 44.6 Å². The normalized spacial score (nSPS) is 15.8. The number of carbonyl (C=O) groups is 2. The number of nitrogens with zero attached hydrogens (tertiary/aromatic N) is 1. The molecule has 0 atom stereocenters. The van der Waals surface area contributed by atoms with Gasteiger partial charge in [-0.05, 0) is 44.0 Å². The Morgan fingerprint density at radius 1 is 1.17 bits per heavy atom. The van der Waals surface area contributed by atoms with Crippen LogP contribution < -0.4 is 16.0 Å². The molecule has 0 unspecified atom stereocenters. The largest absolute Gasteiger partial charge is 0.376 e. The van der Waals surface area contributed by atoms with Gasteiger partial charge in [0.2, 0.25) is 11.8 Å². The Morgan fingerprint density at radius 3 is 2.42 bits per heavy atom. The van der Waals surface area contributed by atoms with Crippen molar-refractivity contribution < 1.29 is 9.59 Å². The molecule has 1 fully saturated rings. The maximum absolute atomic E-state index is 12.4. The summed E-state index contributed by atoms with van der Waals surface area (Å²) in [5.74, 6) is -0.288. The molecule has 0 aromatic heterocycles. The Labute approximate surface area is 142 Å². The predicted octanol–water partition coefficient (Wildman–Crippen LogP) is 1.93. The maximum atomic E-state index is 12.4. The van der Waals surface area contributed by atoms with Crippen LogP contribution in [0.3, 0.4) is 0 Å². The van der Waals surface area contributed by atoms with E-state index in [1.54, 1.807) is 24.3 Å². The highest BCUT2D eigenvalue weighted by Crippen LogP contribution is 2.28. The summed E-state index contributed by atoms with van der Waals surface area (Å²) in [7, 11) is 0. The number of benzene rings is 1. The third-order valence-corrected chi connectivity index (χ3v) is 4.32. The van der Waals surface area contributed by atoms with Crippen molar-refractivity contribution in [1.29, 1.82) is 5.26 Å². The third-order valence-electron chi connectivity index (χ3n) is 4.32. The van der Waals surface area contributed by atoms with Gasteiger partial charge in [0.25, 0.3) is 0 Å². The molecule has 1 aromatic carbocycles. The van der Waals surface area contributed by atoms with Crippen molar-refractivity contribution >= 4 is 17.5 Å². The van der Waals surface area contributed by atoms with Crippen LogP contribution in [0.25, 0.3) is 0 Å². The highest BCUT2D eigenvalue weighted by molar-refractivity contribution is 5.92. The standard InChI is InChI=1S/C18H24N4O2/c1-2-20-17(24)18(10-4-3-5-11-18)22-16(23)13-21-15-8-6-14(12-19)7-9-15/h6-9,21H,2-5,10-11,13H2,1H3,(H,20,24)(H,22,23). The smallest absolute Gasteiger partial charge is 0.245 e. The lowest BCUT2D eigenvalue weighted by Gasteiger charge is -2.36. The summed E-state index contributed by atoms with van der Waals surface area (Å²) in [6.45, 7) is 2.52. The van der Waals surface area contributed by atoms with Gasteiger partial charge in [0, 0.05) is 12.2 Å². The van der Waals surface area contributed by atoms with Crippen LogP contribution in [0.2, 0.25) is 0 Å². The van der Waals surface area contributed by atoms with E-state index in [1.807, 2.05) is 6.92 Å². The fraction of sp³-hybridized carbons (Fsp3) is 0.500.